The Bertz CT molecular complexity index is 467. The zero-order chi connectivity index (χ0) is 8.84. The number of rotatable bonds is 0. The molecule has 1 aromatic heterocycles. The van der Waals surface area contributed by atoms with Gasteiger partial charge in [0.1, 0.15) is 5.82 Å². The number of hydrogen-bond donors (Lipinski definition) is 1. The third-order valence-electron chi connectivity index (χ3n) is 2.60. The van der Waals surface area contributed by atoms with Crippen molar-refractivity contribution in [2.24, 2.45) is 5.73 Å². The van der Waals surface area contributed by atoms with E-state index in [1.54, 1.807) is 0 Å². The van der Waals surface area contributed by atoms with Gasteiger partial charge in [0.25, 0.3) is 0 Å². The topological polar surface area (TPSA) is 43.8 Å². The van der Waals surface area contributed by atoms with Crippen LogP contribution in [0.2, 0.25) is 0 Å². The van der Waals surface area contributed by atoms with E-state index in [9.17, 15) is 0 Å². The summed E-state index contributed by atoms with van der Waals surface area (Å²) in [5, 5.41) is 0. The maximum absolute atomic E-state index is 5.86. The van der Waals surface area contributed by atoms with E-state index in [-0.39, 0.29) is 30.9 Å². The molecule has 2 N–H and O–H groups in total. The van der Waals surface area contributed by atoms with Gasteiger partial charge in [-0.1, -0.05) is 12.1 Å². The van der Waals surface area contributed by atoms with E-state index in [1.807, 2.05) is 18.2 Å². The molecule has 1 aromatic carbocycles. The molecular weight excluding hydrogens is 233 g/mol. The number of para-hydroxylation sites is 2. The van der Waals surface area contributed by atoms with Crippen LogP contribution in [-0.4, -0.2) is 15.6 Å². The standard InChI is InChI=1S/C10H11N3.2ClH/c11-7-5-10-12-8-3-1-2-4-9(8)13(10)6-7;;/h1-4,7H,5-6,11H2;2*1H. The molecule has 0 saturated carbocycles. The molecule has 0 spiro atoms. The summed E-state index contributed by atoms with van der Waals surface area (Å²) < 4.78 is 2.22. The molecule has 0 amide bonds. The molecule has 3 rings (SSSR count). The summed E-state index contributed by atoms with van der Waals surface area (Å²) in [6, 6.07) is 8.47. The molecule has 15 heavy (non-hydrogen) atoms. The minimum atomic E-state index is 0. The molecule has 0 fully saturated rings. The van der Waals surface area contributed by atoms with Gasteiger partial charge in [-0.15, -0.1) is 24.8 Å². The number of halogens is 2. The van der Waals surface area contributed by atoms with E-state index in [0.717, 1.165) is 24.3 Å². The van der Waals surface area contributed by atoms with Crippen molar-refractivity contribution in [3.63, 3.8) is 0 Å². The SMILES string of the molecule is Cl.Cl.NC1Cc2nc3ccccc3n2C1. The molecule has 82 valence electrons. The van der Waals surface area contributed by atoms with Crippen LogP contribution in [-0.2, 0) is 13.0 Å². The molecule has 0 saturated heterocycles. The molecule has 2 aromatic rings. The fraction of sp³-hybridized carbons (Fsp3) is 0.300. The highest BCUT2D eigenvalue weighted by Crippen LogP contribution is 2.21. The predicted octanol–water partition coefficient (Wildman–Crippen LogP) is 1.76. The predicted molar refractivity (Wildman–Crippen MR) is 65.9 cm³/mol. The average Bonchev–Trinajstić information content (AvgIpc) is 2.60. The van der Waals surface area contributed by atoms with E-state index >= 15 is 0 Å². The Kier molecular flexibility index (Phi) is 3.60. The van der Waals surface area contributed by atoms with Gasteiger partial charge in [0.05, 0.1) is 11.0 Å². The first-order valence-electron chi connectivity index (χ1n) is 4.54. The molecule has 2 heterocycles. The van der Waals surface area contributed by atoms with Crippen molar-refractivity contribution in [1.82, 2.24) is 9.55 Å². The number of aromatic nitrogens is 2. The first-order chi connectivity index (χ1) is 6.34. The van der Waals surface area contributed by atoms with Crippen LogP contribution >= 0.6 is 24.8 Å². The quantitative estimate of drug-likeness (QED) is 0.769. The Morgan fingerprint density at radius 3 is 2.80 bits per heavy atom. The van der Waals surface area contributed by atoms with Gasteiger partial charge >= 0.3 is 0 Å². The molecular formula is C10H13Cl2N3. The van der Waals surface area contributed by atoms with E-state index in [1.165, 1.54) is 5.52 Å². The van der Waals surface area contributed by atoms with E-state index in [2.05, 4.69) is 15.6 Å². The minimum Gasteiger partial charge on any atom is -0.326 e. The van der Waals surface area contributed by atoms with Crippen LogP contribution in [0.4, 0.5) is 0 Å². The van der Waals surface area contributed by atoms with Crippen molar-refractivity contribution in [2.45, 2.75) is 19.0 Å². The van der Waals surface area contributed by atoms with Gasteiger partial charge in [-0.3, -0.25) is 0 Å². The molecule has 3 nitrogen and oxygen atoms in total. The molecule has 1 aliphatic heterocycles. The normalized spacial score (nSPS) is 18.1. The summed E-state index contributed by atoms with van der Waals surface area (Å²) in [6.07, 6.45) is 0.911. The maximum Gasteiger partial charge on any atom is 0.111 e. The lowest BCUT2D eigenvalue weighted by Gasteiger charge is -2.00. The smallest absolute Gasteiger partial charge is 0.111 e. The highest BCUT2D eigenvalue weighted by atomic mass is 35.5. The third-order valence-corrected chi connectivity index (χ3v) is 2.60. The molecule has 1 unspecified atom stereocenters. The molecule has 0 bridgehead atoms. The molecule has 1 atom stereocenters. The minimum absolute atomic E-state index is 0. The lowest BCUT2D eigenvalue weighted by Crippen LogP contribution is -2.20. The summed E-state index contributed by atoms with van der Waals surface area (Å²) >= 11 is 0. The average molecular weight is 246 g/mol. The van der Waals surface area contributed by atoms with Gasteiger partial charge in [0.2, 0.25) is 0 Å². The lowest BCUT2D eigenvalue weighted by atomic mass is 10.2. The van der Waals surface area contributed by atoms with Crippen molar-refractivity contribution >= 4 is 35.8 Å². The Hall–Kier alpha value is -0.770. The number of nitrogens with two attached hydrogens (primary N) is 1. The van der Waals surface area contributed by atoms with Gasteiger partial charge in [-0.05, 0) is 12.1 Å². The van der Waals surface area contributed by atoms with Crippen LogP contribution in [0.15, 0.2) is 24.3 Å². The van der Waals surface area contributed by atoms with Crippen LogP contribution in [0.3, 0.4) is 0 Å². The van der Waals surface area contributed by atoms with Crippen molar-refractivity contribution in [1.29, 1.82) is 0 Å². The number of imidazole rings is 1. The second-order valence-electron chi connectivity index (χ2n) is 3.59. The van der Waals surface area contributed by atoms with Gasteiger partial charge in [-0.25, -0.2) is 4.98 Å². The van der Waals surface area contributed by atoms with Crippen LogP contribution in [0.5, 0.6) is 0 Å². The fourth-order valence-electron chi connectivity index (χ4n) is 2.02. The highest BCUT2D eigenvalue weighted by molar-refractivity contribution is 5.85. The van der Waals surface area contributed by atoms with E-state index in [4.69, 9.17) is 5.73 Å². The van der Waals surface area contributed by atoms with Gasteiger partial charge < -0.3 is 10.3 Å². The Balaban J connectivity index is 0.000000562. The van der Waals surface area contributed by atoms with Gasteiger partial charge in [-0.2, -0.15) is 0 Å². The number of hydrogen-bond acceptors (Lipinski definition) is 2. The lowest BCUT2D eigenvalue weighted by molar-refractivity contribution is 0.652. The summed E-state index contributed by atoms with van der Waals surface area (Å²) in [5.41, 5.74) is 8.16. The largest absolute Gasteiger partial charge is 0.326 e. The van der Waals surface area contributed by atoms with Crippen LogP contribution in [0.25, 0.3) is 11.0 Å². The third kappa shape index (κ3) is 1.83. The highest BCUT2D eigenvalue weighted by Gasteiger charge is 2.21. The zero-order valence-electron chi connectivity index (χ0n) is 8.09. The molecule has 5 heteroatoms. The summed E-state index contributed by atoms with van der Waals surface area (Å²) in [5.74, 6) is 1.13. The summed E-state index contributed by atoms with van der Waals surface area (Å²) in [7, 11) is 0. The Morgan fingerprint density at radius 2 is 2.00 bits per heavy atom. The van der Waals surface area contributed by atoms with Crippen LogP contribution < -0.4 is 5.73 Å². The Morgan fingerprint density at radius 1 is 1.27 bits per heavy atom. The van der Waals surface area contributed by atoms with Gasteiger partial charge in [0, 0.05) is 19.0 Å². The zero-order valence-corrected chi connectivity index (χ0v) is 9.72. The van der Waals surface area contributed by atoms with E-state index in [0.29, 0.717) is 0 Å². The van der Waals surface area contributed by atoms with Crippen LogP contribution in [0.1, 0.15) is 5.82 Å². The van der Waals surface area contributed by atoms with Crippen molar-refractivity contribution in [3.05, 3.63) is 30.1 Å². The first kappa shape index (κ1) is 12.3. The van der Waals surface area contributed by atoms with Crippen molar-refractivity contribution in [3.8, 4) is 0 Å². The number of nitrogens with zero attached hydrogens (tertiary/aromatic N) is 2. The number of benzene rings is 1. The monoisotopic (exact) mass is 245 g/mol. The van der Waals surface area contributed by atoms with Gasteiger partial charge in [0.15, 0.2) is 0 Å². The Labute approximate surface area is 100 Å². The summed E-state index contributed by atoms with van der Waals surface area (Å²) in [4.78, 5) is 4.53. The van der Waals surface area contributed by atoms with Crippen molar-refractivity contribution < 1.29 is 0 Å². The molecule has 1 aliphatic rings. The maximum atomic E-state index is 5.86. The number of fused-ring (bicyclic) bond motifs is 3. The first-order valence-corrected chi connectivity index (χ1v) is 4.54. The molecule has 0 radical (unpaired) electrons. The van der Waals surface area contributed by atoms with Crippen molar-refractivity contribution in [2.75, 3.05) is 0 Å². The second kappa shape index (κ2) is 4.39. The molecule has 0 aliphatic carbocycles. The second-order valence-corrected chi connectivity index (χ2v) is 3.59. The summed E-state index contributed by atoms with van der Waals surface area (Å²) in [6.45, 7) is 0.913. The van der Waals surface area contributed by atoms with E-state index < -0.39 is 0 Å². The van der Waals surface area contributed by atoms with Crippen LogP contribution in [0, 0.1) is 0 Å². The fourth-order valence-corrected chi connectivity index (χ4v) is 2.02.